The first-order valence-electron chi connectivity index (χ1n) is 12.8. The third kappa shape index (κ3) is 2.62. The third-order valence-corrected chi connectivity index (χ3v) is 10.6. The molecule has 2 aliphatic heterocycles. The molecule has 0 aromatic carbocycles. The quantitative estimate of drug-likeness (QED) is 0.572. The van der Waals surface area contributed by atoms with Gasteiger partial charge in [0.05, 0.1) is 17.8 Å². The molecule has 2 heterocycles. The summed E-state index contributed by atoms with van der Waals surface area (Å²) >= 11 is 0. The van der Waals surface area contributed by atoms with Crippen LogP contribution in [0.5, 0.6) is 0 Å². The fraction of sp³-hybridized carbons (Fsp3) is 0.815. The maximum atomic E-state index is 14.1. The molecule has 6 rings (SSSR count). The van der Waals surface area contributed by atoms with Gasteiger partial charge in [0.2, 0.25) is 0 Å². The van der Waals surface area contributed by atoms with E-state index in [1.54, 1.807) is 0 Å². The fourth-order valence-corrected chi connectivity index (χ4v) is 8.93. The van der Waals surface area contributed by atoms with Gasteiger partial charge in [-0.15, -0.1) is 0 Å². The smallest absolute Gasteiger partial charge is 0.163 e. The molecule has 4 nitrogen and oxygen atoms in total. The Bertz CT molecular complexity index is 876. The number of piperidine rings is 1. The number of ketones is 1. The summed E-state index contributed by atoms with van der Waals surface area (Å²) in [6.07, 6.45) is 9.23. The van der Waals surface area contributed by atoms with Gasteiger partial charge < -0.3 is 15.2 Å². The summed E-state index contributed by atoms with van der Waals surface area (Å²) in [7, 11) is 0. The maximum Gasteiger partial charge on any atom is 0.163 e. The van der Waals surface area contributed by atoms with Crippen LogP contribution in [0.2, 0.25) is 0 Å². The predicted octanol–water partition coefficient (Wildman–Crippen LogP) is 4.18. The molecule has 0 aromatic rings. The van der Waals surface area contributed by atoms with Crippen molar-refractivity contribution >= 4 is 5.78 Å². The zero-order valence-corrected chi connectivity index (χ0v) is 19.6. The predicted molar refractivity (Wildman–Crippen MR) is 120 cm³/mol. The molecule has 0 amide bonds. The van der Waals surface area contributed by atoms with Crippen LogP contribution in [0.1, 0.15) is 72.6 Å². The van der Waals surface area contributed by atoms with Gasteiger partial charge in [-0.25, -0.2) is 0 Å². The molecule has 0 radical (unpaired) electrons. The van der Waals surface area contributed by atoms with Gasteiger partial charge in [-0.2, -0.15) is 0 Å². The van der Waals surface area contributed by atoms with Crippen molar-refractivity contribution in [1.29, 1.82) is 0 Å². The Morgan fingerprint density at radius 2 is 2.03 bits per heavy atom. The zero-order chi connectivity index (χ0) is 21.7. The van der Waals surface area contributed by atoms with Gasteiger partial charge >= 0.3 is 0 Å². The molecule has 2 saturated heterocycles. The summed E-state index contributed by atoms with van der Waals surface area (Å²) in [4.78, 5) is 14.1. The molecule has 0 unspecified atom stereocenters. The van der Waals surface area contributed by atoms with E-state index in [1.165, 1.54) is 11.1 Å². The summed E-state index contributed by atoms with van der Waals surface area (Å²) in [5.41, 5.74) is 3.43. The lowest BCUT2D eigenvalue weighted by molar-refractivity contribution is -0.123. The van der Waals surface area contributed by atoms with Crippen molar-refractivity contribution in [3.05, 3.63) is 22.8 Å². The summed E-state index contributed by atoms with van der Waals surface area (Å²) < 4.78 is 6.93. The van der Waals surface area contributed by atoms with Crippen LogP contribution < -0.4 is 5.32 Å². The lowest BCUT2D eigenvalue weighted by Gasteiger charge is -2.48. The van der Waals surface area contributed by atoms with Gasteiger partial charge in [-0.1, -0.05) is 32.4 Å². The third-order valence-electron chi connectivity index (χ3n) is 10.6. The lowest BCUT2D eigenvalue weighted by Crippen LogP contribution is -2.49. The first-order chi connectivity index (χ1) is 14.8. The minimum absolute atomic E-state index is 0.0653. The van der Waals surface area contributed by atoms with E-state index in [1.807, 2.05) is 0 Å². The van der Waals surface area contributed by atoms with Crippen molar-refractivity contribution in [1.82, 2.24) is 5.32 Å². The maximum absolute atomic E-state index is 14.1. The second-order valence-electron chi connectivity index (χ2n) is 12.1. The monoisotopic (exact) mass is 425 g/mol. The average molecular weight is 426 g/mol. The highest BCUT2D eigenvalue weighted by atomic mass is 16.5. The van der Waals surface area contributed by atoms with E-state index in [0.717, 1.165) is 57.1 Å². The number of allylic oxidation sites excluding steroid dienone is 2. The van der Waals surface area contributed by atoms with E-state index >= 15 is 0 Å². The Morgan fingerprint density at radius 3 is 2.84 bits per heavy atom. The Kier molecular flexibility index (Phi) is 4.51. The van der Waals surface area contributed by atoms with Crippen molar-refractivity contribution in [3.8, 4) is 0 Å². The van der Waals surface area contributed by atoms with Crippen LogP contribution in [-0.2, 0) is 9.53 Å². The molecule has 31 heavy (non-hydrogen) atoms. The minimum Gasteiger partial charge on any atom is -0.393 e. The van der Waals surface area contributed by atoms with Crippen LogP contribution in [0.3, 0.4) is 0 Å². The van der Waals surface area contributed by atoms with E-state index in [9.17, 15) is 9.90 Å². The average Bonchev–Trinajstić information content (AvgIpc) is 3.18. The lowest BCUT2D eigenvalue weighted by atomic mass is 9.56. The first kappa shape index (κ1) is 20.6. The highest BCUT2D eigenvalue weighted by molar-refractivity contribution is 6.02. The Labute approximate surface area is 186 Å². The number of carbonyl (C=O) groups excluding carboxylic acids is 1. The fourth-order valence-electron chi connectivity index (χ4n) is 8.93. The second kappa shape index (κ2) is 6.77. The highest BCUT2D eigenvalue weighted by Crippen LogP contribution is 2.63. The van der Waals surface area contributed by atoms with Gasteiger partial charge in [-0.05, 0) is 87.2 Å². The molecule has 4 fully saturated rings. The molecule has 4 aliphatic carbocycles. The molecule has 2 saturated carbocycles. The van der Waals surface area contributed by atoms with E-state index in [4.69, 9.17) is 4.74 Å². The van der Waals surface area contributed by atoms with Crippen LogP contribution in [0.4, 0.5) is 0 Å². The van der Waals surface area contributed by atoms with E-state index in [2.05, 4.69) is 39.1 Å². The number of Topliss-reactive ketones (excluding diaryl/α,β-unsaturated/α-hetero) is 1. The van der Waals surface area contributed by atoms with Crippen LogP contribution >= 0.6 is 0 Å². The largest absolute Gasteiger partial charge is 0.393 e. The topological polar surface area (TPSA) is 58.6 Å². The number of aliphatic hydroxyl groups excluding tert-OH is 1. The number of carbonyl (C=O) groups is 1. The molecule has 0 bridgehead atoms. The SMILES string of the molecule is CC1=C2C(=O)[C@@H]3[C@H](CC=C4C[C@H](O)CC[C@@]43C)[C@@H]2CC[C@]12O[C@@H]1C[C@H](C)CN[C@H]1[C@H]2C. The summed E-state index contributed by atoms with van der Waals surface area (Å²) in [5, 5.41) is 14.0. The Balaban J connectivity index is 1.39. The number of hydrogen-bond acceptors (Lipinski definition) is 4. The second-order valence-corrected chi connectivity index (χ2v) is 12.1. The van der Waals surface area contributed by atoms with Crippen molar-refractivity contribution in [2.45, 2.75) is 96.5 Å². The Morgan fingerprint density at radius 1 is 1.23 bits per heavy atom. The van der Waals surface area contributed by atoms with Crippen LogP contribution in [0.15, 0.2) is 22.8 Å². The molecule has 4 heteroatoms. The minimum atomic E-state index is -0.263. The van der Waals surface area contributed by atoms with Crippen molar-refractivity contribution in [3.63, 3.8) is 0 Å². The molecule has 2 N–H and O–H groups in total. The van der Waals surface area contributed by atoms with Crippen molar-refractivity contribution < 1.29 is 14.6 Å². The van der Waals surface area contributed by atoms with Crippen LogP contribution in [-0.4, -0.2) is 41.3 Å². The summed E-state index contributed by atoms with van der Waals surface area (Å²) in [6, 6.07) is 0.410. The molecule has 0 aromatic heterocycles. The molecular weight excluding hydrogens is 386 g/mol. The van der Waals surface area contributed by atoms with Gasteiger partial charge in [-0.3, -0.25) is 4.79 Å². The number of fused-ring (bicyclic) bond motifs is 6. The van der Waals surface area contributed by atoms with Gasteiger partial charge in [0.1, 0.15) is 0 Å². The molecule has 1 spiro atoms. The number of aliphatic hydroxyl groups is 1. The van der Waals surface area contributed by atoms with Gasteiger partial charge in [0.25, 0.3) is 0 Å². The zero-order valence-electron chi connectivity index (χ0n) is 19.6. The summed E-state index contributed by atoms with van der Waals surface area (Å²) in [5.74, 6) is 2.41. The van der Waals surface area contributed by atoms with Crippen LogP contribution in [0, 0.1) is 35.0 Å². The number of nitrogens with one attached hydrogen (secondary N) is 1. The van der Waals surface area contributed by atoms with Gasteiger partial charge in [0.15, 0.2) is 5.78 Å². The highest BCUT2D eigenvalue weighted by Gasteiger charge is 2.63. The molecule has 170 valence electrons. The number of rotatable bonds is 0. The van der Waals surface area contributed by atoms with E-state index in [0.29, 0.717) is 35.5 Å². The first-order valence-corrected chi connectivity index (χ1v) is 12.8. The number of hydrogen-bond donors (Lipinski definition) is 2. The molecular formula is C27H39NO3. The van der Waals surface area contributed by atoms with Crippen molar-refractivity contribution in [2.24, 2.45) is 35.0 Å². The van der Waals surface area contributed by atoms with E-state index in [-0.39, 0.29) is 29.1 Å². The Hall–Kier alpha value is -0.970. The van der Waals surface area contributed by atoms with Crippen LogP contribution in [0.25, 0.3) is 0 Å². The summed E-state index contributed by atoms with van der Waals surface area (Å²) in [6.45, 7) is 10.3. The van der Waals surface area contributed by atoms with Gasteiger partial charge in [0, 0.05) is 23.5 Å². The van der Waals surface area contributed by atoms with Crippen molar-refractivity contribution in [2.75, 3.05) is 6.54 Å². The van der Waals surface area contributed by atoms with E-state index < -0.39 is 0 Å². The standard InChI is InChI=1S/C27H39NO3/c1-14-11-21-24(28-13-14)16(3)27(31-21)10-8-19-20-6-5-17-12-18(29)7-9-26(17,4)23(20)25(30)22(19)15(27)2/h5,14,16,18-21,23-24,28-29H,6-13H2,1-4H3/t14-,16+,18+,19-,20+,21+,23-,24-,26-,27-/m0/s1. The normalized spacial score (nSPS) is 53.7. The molecule has 10 atom stereocenters. The number of ether oxygens (including phenoxy) is 1. The molecule has 6 aliphatic rings.